The van der Waals surface area contributed by atoms with Crippen LogP contribution in [0.1, 0.15) is 48.9 Å². The SMILES string of the molecule is Cc1ccnc2nc(C(=O)OC(C)C(=O)N3CCCCCC3)nn12. The standard InChI is InChI=1S/C16H21N5O3/c1-11-7-8-17-16-18-13(19-21(11)16)15(23)24-12(2)14(22)20-9-5-3-4-6-10-20/h7-8,12H,3-6,9-10H2,1-2H3. The van der Waals surface area contributed by atoms with Gasteiger partial charge in [0.15, 0.2) is 6.10 Å². The number of aryl methyl sites for hydroxylation is 1. The Morgan fingerprint density at radius 3 is 2.58 bits per heavy atom. The average Bonchev–Trinajstić information content (AvgIpc) is 2.83. The first-order valence-corrected chi connectivity index (χ1v) is 8.24. The fourth-order valence-electron chi connectivity index (χ4n) is 2.80. The van der Waals surface area contributed by atoms with Crippen LogP contribution < -0.4 is 0 Å². The minimum Gasteiger partial charge on any atom is -0.447 e. The number of fused-ring (bicyclic) bond motifs is 1. The maximum Gasteiger partial charge on any atom is 0.379 e. The molecular formula is C16H21N5O3. The number of nitrogens with zero attached hydrogens (tertiary/aromatic N) is 5. The number of amides is 1. The van der Waals surface area contributed by atoms with Crippen molar-refractivity contribution in [2.24, 2.45) is 0 Å². The Kier molecular flexibility index (Phi) is 4.73. The van der Waals surface area contributed by atoms with Crippen molar-refractivity contribution in [3.63, 3.8) is 0 Å². The predicted octanol–water partition coefficient (Wildman–Crippen LogP) is 1.38. The van der Waals surface area contributed by atoms with Gasteiger partial charge in [-0.15, -0.1) is 5.10 Å². The topological polar surface area (TPSA) is 89.7 Å². The number of hydrogen-bond acceptors (Lipinski definition) is 6. The number of hydrogen-bond donors (Lipinski definition) is 0. The lowest BCUT2D eigenvalue weighted by molar-refractivity contribution is -0.139. The highest BCUT2D eigenvalue weighted by Crippen LogP contribution is 2.12. The zero-order valence-electron chi connectivity index (χ0n) is 13.9. The molecule has 0 aliphatic carbocycles. The molecule has 8 nitrogen and oxygen atoms in total. The van der Waals surface area contributed by atoms with Crippen LogP contribution in [0.4, 0.5) is 0 Å². The zero-order valence-corrected chi connectivity index (χ0v) is 13.9. The van der Waals surface area contributed by atoms with E-state index in [1.54, 1.807) is 24.1 Å². The van der Waals surface area contributed by atoms with Crippen LogP contribution in [0.25, 0.3) is 5.78 Å². The van der Waals surface area contributed by atoms with Crippen molar-refractivity contribution in [3.8, 4) is 0 Å². The molecule has 1 atom stereocenters. The molecule has 3 heterocycles. The highest BCUT2D eigenvalue weighted by atomic mass is 16.5. The summed E-state index contributed by atoms with van der Waals surface area (Å²) in [7, 11) is 0. The molecule has 1 fully saturated rings. The van der Waals surface area contributed by atoms with Gasteiger partial charge in [0.25, 0.3) is 17.5 Å². The first-order valence-electron chi connectivity index (χ1n) is 8.24. The number of esters is 1. The number of ether oxygens (including phenoxy) is 1. The van der Waals surface area contributed by atoms with E-state index in [0.29, 0.717) is 5.78 Å². The second-order valence-electron chi connectivity index (χ2n) is 6.02. The van der Waals surface area contributed by atoms with Crippen LogP contribution in [0.15, 0.2) is 12.3 Å². The molecule has 0 bridgehead atoms. The highest BCUT2D eigenvalue weighted by Gasteiger charge is 2.26. The van der Waals surface area contributed by atoms with Crippen molar-refractivity contribution in [3.05, 3.63) is 23.8 Å². The van der Waals surface area contributed by atoms with E-state index in [1.807, 2.05) is 6.92 Å². The summed E-state index contributed by atoms with van der Waals surface area (Å²) >= 11 is 0. The Hall–Kier alpha value is -2.51. The van der Waals surface area contributed by atoms with Gasteiger partial charge in [-0.1, -0.05) is 12.8 Å². The summed E-state index contributed by atoms with van der Waals surface area (Å²) in [5.74, 6) is -0.639. The van der Waals surface area contributed by atoms with Crippen molar-refractivity contribution in [2.75, 3.05) is 13.1 Å². The van der Waals surface area contributed by atoms with E-state index in [-0.39, 0.29) is 11.7 Å². The quantitative estimate of drug-likeness (QED) is 0.789. The van der Waals surface area contributed by atoms with E-state index in [9.17, 15) is 9.59 Å². The van der Waals surface area contributed by atoms with E-state index in [1.165, 1.54) is 4.52 Å². The fraction of sp³-hybridized carbons (Fsp3) is 0.562. The number of aromatic nitrogens is 4. The van der Waals surface area contributed by atoms with Crippen LogP contribution in [0.5, 0.6) is 0 Å². The van der Waals surface area contributed by atoms with E-state index < -0.39 is 12.1 Å². The predicted molar refractivity (Wildman–Crippen MR) is 85.4 cm³/mol. The number of likely N-dealkylation sites (tertiary alicyclic amines) is 1. The van der Waals surface area contributed by atoms with Crippen LogP contribution in [0, 0.1) is 6.92 Å². The molecule has 0 saturated carbocycles. The summed E-state index contributed by atoms with van der Waals surface area (Å²) < 4.78 is 6.74. The largest absolute Gasteiger partial charge is 0.447 e. The van der Waals surface area contributed by atoms with Gasteiger partial charge in [0, 0.05) is 25.0 Å². The van der Waals surface area contributed by atoms with Crippen LogP contribution in [0.3, 0.4) is 0 Å². The van der Waals surface area contributed by atoms with E-state index in [0.717, 1.165) is 44.5 Å². The van der Waals surface area contributed by atoms with Crippen LogP contribution in [-0.4, -0.2) is 55.6 Å². The molecule has 3 rings (SSSR count). The Balaban J connectivity index is 1.68. The van der Waals surface area contributed by atoms with E-state index >= 15 is 0 Å². The molecule has 128 valence electrons. The summed E-state index contributed by atoms with van der Waals surface area (Å²) in [6.45, 7) is 4.86. The Morgan fingerprint density at radius 2 is 1.92 bits per heavy atom. The summed E-state index contributed by atoms with van der Waals surface area (Å²) in [4.78, 5) is 34.5. The third-order valence-electron chi connectivity index (χ3n) is 4.16. The third-order valence-corrected chi connectivity index (χ3v) is 4.16. The first kappa shape index (κ1) is 16.4. The minimum atomic E-state index is -0.851. The highest BCUT2D eigenvalue weighted by molar-refractivity contribution is 5.89. The van der Waals surface area contributed by atoms with Crippen molar-refractivity contribution >= 4 is 17.7 Å². The minimum absolute atomic E-state index is 0.0904. The molecule has 1 aliphatic heterocycles. The summed E-state index contributed by atoms with van der Waals surface area (Å²) in [5, 5.41) is 4.10. The molecule has 1 aliphatic rings. The van der Waals surface area contributed by atoms with Crippen molar-refractivity contribution in [2.45, 2.75) is 45.6 Å². The van der Waals surface area contributed by atoms with Gasteiger partial charge in [-0.25, -0.2) is 14.3 Å². The Morgan fingerprint density at radius 1 is 1.21 bits per heavy atom. The lowest BCUT2D eigenvalue weighted by Crippen LogP contribution is -2.40. The third kappa shape index (κ3) is 3.37. The van der Waals surface area contributed by atoms with Gasteiger partial charge in [-0.05, 0) is 32.8 Å². The molecule has 1 saturated heterocycles. The lowest BCUT2D eigenvalue weighted by atomic mass is 10.2. The van der Waals surface area contributed by atoms with Crippen LogP contribution >= 0.6 is 0 Å². The number of carbonyl (C=O) groups is 2. The molecule has 8 heteroatoms. The smallest absolute Gasteiger partial charge is 0.379 e. The molecule has 0 N–H and O–H groups in total. The lowest BCUT2D eigenvalue weighted by Gasteiger charge is -2.23. The van der Waals surface area contributed by atoms with Gasteiger partial charge >= 0.3 is 5.97 Å². The monoisotopic (exact) mass is 331 g/mol. The van der Waals surface area contributed by atoms with E-state index in [4.69, 9.17) is 4.74 Å². The molecule has 0 radical (unpaired) electrons. The normalized spacial score (nSPS) is 16.7. The number of rotatable bonds is 3. The van der Waals surface area contributed by atoms with Gasteiger partial charge in [-0.2, -0.15) is 4.98 Å². The van der Waals surface area contributed by atoms with Crippen LogP contribution in [-0.2, 0) is 9.53 Å². The first-order chi connectivity index (χ1) is 11.6. The molecule has 24 heavy (non-hydrogen) atoms. The summed E-state index contributed by atoms with van der Waals surface area (Å²) in [5.41, 5.74) is 0.806. The van der Waals surface area contributed by atoms with Gasteiger partial charge in [-0.3, -0.25) is 4.79 Å². The second-order valence-corrected chi connectivity index (χ2v) is 6.02. The van der Waals surface area contributed by atoms with Crippen molar-refractivity contribution in [1.82, 2.24) is 24.5 Å². The molecule has 0 aromatic carbocycles. The Labute approximate surface area is 139 Å². The molecule has 1 unspecified atom stereocenters. The molecule has 2 aromatic heterocycles. The van der Waals surface area contributed by atoms with Gasteiger partial charge < -0.3 is 9.64 Å². The number of carbonyl (C=O) groups excluding carboxylic acids is 2. The second kappa shape index (κ2) is 6.94. The summed E-state index contributed by atoms with van der Waals surface area (Å²) in [6.07, 6.45) is 5.00. The molecule has 0 spiro atoms. The Bertz CT molecular complexity index is 749. The van der Waals surface area contributed by atoms with Gasteiger partial charge in [0.05, 0.1) is 0 Å². The molecule has 2 aromatic rings. The molecular weight excluding hydrogens is 310 g/mol. The van der Waals surface area contributed by atoms with Gasteiger partial charge in [0.2, 0.25) is 0 Å². The van der Waals surface area contributed by atoms with Crippen molar-refractivity contribution < 1.29 is 14.3 Å². The van der Waals surface area contributed by atoms with Crippen LogP contribution in [0.2, 0.25) is 0 Å². The zero-order chi connectivity index (χ0) is 17.1. The molecule has 1 amide bonds. The maximum atomic E-state index is 12.4. The van der Waals surface area contributed by atoms with E-state index in [2.05, 4.69) is 15.1 Å². The van der Waals surface area contributed by atoms with Crippen molar-refractivity contribution in [1.29, 1.82) is 0 Å². The average molecular weight is 331 g/mol. The van der Waals surface area contributed by atoms with Gasteiger partial charge in [0.1, 0.15) is 0 Å². The fourth-order valence-corrected chi connectivity index (χ4v) is 2.80. The summed E-state index contributed by atoms with van der Waals surface area (Å²) in [6, 6.07) is 1.77. The maximum absolute atomic E-state index is 12.4.